The molecule has 25 heavy (non-hydrogen) atoms. The Bertz CT molecular complexity index is 1010. The van der Waals surface area contributed by atoms with Gasteiger partial charge < -0.3 is 5.73 Å². The van der Waals surface area contributed by atoms with Crippen LogP contribution in [0.2, 0.25) is 0 Å². The Balaban J connectivity index is 1.56. The van der Waals surface area contributed by atoms with Crippen molar-refractivity contribution in [2.24, 2.45) is 0 Å². The van der Waals surface area contributed by atoms with Crippen molar-refractivity contribution in [3.63, 3.8) is 0 Å². The van der Waals surface area contributed by atoms with E-state index in [9.17, 15) is 8.42 Å². The molecule has 3 heterocycles. The van der Waals surface area contributed by atoms with E-state index in [1.807, 2.05) is 18.3 Å². The standard InChI is InChI=1S/C17H19N5O2S/c18-16-10-20-22-12-15(9-19-17(16)22)14-3-1-2-13(8-14)11-21-4-6-25(23,24)7-5-21/h1-3,8-10,12H,4-7,11,18H2. The van der Waals surface area contributed by atoms with Crippen LogP contribution in [0.1, 0.15) is 5.56 Å². The molecule has 2 aromatic heterocycles. The normalized spacial score (nSPS) is 17.8. The van der Waals surface area contributed by atoms with E-state index in [0.717, 1.165) is 23.2 Å². The van der Waals surface area contributed by atoms with Crippen LogP contribution < -0.4 is 5.73 Å². The molecule has 7 nitrogen and oxygen atoms in total. The maximum Gasteiger partial charge on any atom is 0.178 e. The van der Waals surface area contributed by atoms with Crippen LogP contribution in [-0.4, -0.2) is 52.5 Å². The Kier molecular flexibility index (Phi) is 3.93. The number of benzene rings is 1. The molecule has 8 heteroatoms. The zero-order valence-electron chi connectivity index (χ0n) is 13.7. The molecule has 2 N–H and O–H groups in total. The van der Waals surface area contributed by atoms with Gasteiger partial charge in [0.05, 0.1) is 23.4 Å². The van der Waals surface area contributed by atoms with Gasteiger partial charge in [0.2, 0.25) is 0 Å². The van der Waals surface area contributed by atoms with Gasteiger partial charge in [-0.2, -0.15) is 5.10 Å². The molecule has 0 spiro atoms. The number of hydrogen-bond acceptors (Lipinski definition) is 6. The van der Waals surface area contributed by atoms with E-state index in [0.29, 0.717) is 24.4 Å². The summed E-state index contributed by atoms with van der Waals surface area (Å²) in [6, 6.07) is 8.20. The molecule has 130 valence electrons. The molecular formula is C17H19N5O2S. The van der Waals surface area contributed by atoms with E-state index in [4.69, 9.17) is 5.73 Å². The fourth-order valence-electron chi connectivity index (χ4n) is 3.06. The quantitative estimate of drug-likeness (QED) is 0.757. The number of nitrogen functional groups attached to an aromatic ring is 1. The highest BCUT2D eigenvalue weighted by molar-refractivity contribution is 7.91. The summed E-state index contributed by atoms with van der Waals surface area (Å²) in [5, 5.41) is 4.20. The Hall–Kier alpha value is -2.45. The molecule has 1 aliphatic heterocycles. The molecule has 0 saturated carbocycles. The van der Waals surface area contributed by atoms with Crippen LogP contribution in [0.4, 0.5) is 5.69 Å². The Labute approximate surface area is 146 Å². The average Bonchev–Trinajstić information content (AvgIpc) is 2.98. The highest BCUT2D eigenvalue weighted by atomic mass is 32.2. The van der Waals surface area contributed by atoms with Gasteiger partial charge >= 0.3 is 0 Å². The molecule has 4 rings (SSSR count). The summed E-state index contributed by atoms with van der Waals surface area (Å²) >= 11 is 0. The van der Waals surface area contributed by atoms with Gasteiger partial charge in [0.25, 0.3) is 0 Å². The second-order valence-corrected chi connectivity index (χ2v) is 8.64. The monoisotopic (exact) mass is 357 g/mol. The van der Waals surface area contributed by atoms with Crippen LogP contribution in [-0.2, 0) is 16.4 Å². The molecule has 1 aromatic carbocycles. The van der Waals surface area contributed by atoms with Crippen molar-refractivity contribution in [2.45, 2.75) is 6.54 Å². The van der Waals surface area contributed by atoms with E-state index in [-0.39, 0.29) is 11.5 Å². The number of sulfone groups is 1. The number of nitrogens with zero attached hydrogens (tertiary/aromatic N) is 4. The van der Waals surface area contributed by atoms with E-state index < -0.39 is 9.84 Å². The van der Waals surface area contributed by atoms with Crippen LogP contribution in [0.3, 0.4) is 0 Å². The van der Waals surface area contributed by atoms with E-state index in [1.54, 1.807) is 16.9 Å². The molecular weight excluding hydrogens is 338 g/mol. The van der Waals surface area contributed by atoms with Gasteiger partial charge in [-0.1, -0.05) is 18.2 Å². The van der Waals surface area contributed by atoms with E-state index >= 15 is 0 Å². The first-order valence-electron chi connectivity index (χ1n) is 8.11. The largest absolute Gasteiger partial charge is 0.394 e. The van der Waals surface area contributed by atoms with Gasteiger partial charge in [0.1, 0.15) is 0 Å². The van der Waals surface area contributed by atoms with Gasteiger partial charge in [-0.15, -0.1) is 0 Å². The summed E-state index contributed by atoms with van der Waals surface area (Å²) < 4.78 is 24.8. The van der Waals surface area contributed by atoms with E-state index in [1.165, 1.54) is 0 Å². The maximum atomic E-state index is 11.5. The Morgan fingerprint density at radius 1 is 1.12 bits per heavy atom. The molecule has 0 radical (unpaired) electrons. The summed E-state index contributed by atoms with van der Waals surface area (Å²) in [7, 11) is -2.85. The van der Waals surface area contributed by atoms with Crippen molar-refractivity contribution >= 4 is 21.2 Å². The Morgan fingerprint density at radius 3 is 2.72 bits per heavy atom. The van der Waals surface area contributed by atoms with Crippen molar-refractivity contribution < 1.29 is 8.42 Å². The minimum absolute atomic E-state index is 0.244. The van der Waals surface area contributed by atoms with Crippen molar-refractivity contribution in [1.29, 1.82) is 0 Å². The maximum absolute atomic E-state index is 11.5. The number of aromatic nitrogens is 3. The van der Waals surface area contributed by atoms with Gasteiger partial charge in [0, 0.05) is 37.6 Å². The second-order valence-electron chi connectivity index (χ2n) is 6.34. The van der Waals surface area contributed by atoms with Crippen LogP contribution in [0.25, 0.3) is 16.8 Å². The molecule has 1 saturated heterocycles. The number of fused-ring (bicyclic) bond motifs is 1. The summed E-state index contributed by atoms with van der Waals surface area (Å²) in [5.41, 5.74) is 10.2. The van der Waals surface area contributed by atoms with Crippen LogP contribution in [0, 0.1) is 0 Å². The summed E-state index contributed by atoms with van der Waals surface area (Å²) in [6.07, 6.45) is 5.29. The van der Waals surface area contributed by atoms with Crippen LogP contribution in [0.15, 0.2) is 42.9 Å². The lowest BCUT2D eigenvalue weighted by Crippen LogP contribution is -2.39. The molecule has 1 aliphatic rings. The average molecular weight is 357 g/mol. The fourth-order valence-corrected chi connectivity index (χ4v) is 4.33. The van der Waals surface area contributed by atoms with Gasteiger partial charge in [-0.3, -0.25) is 4.90 Å². The molecule has 0 bridgehead atoms. The highest BCUT2D eigenvalue weighted by Crippen LogP contribution is 2.22. The van der Waals surface area contributed by atoms with Crippen LogP contribution >= 0.6 is 0 Å². The lowest BCUT2D eigenvalue weighted by molar-refractivity contribution is 0.288. The fraction of sp³-hybridized carbons (Fsp3) is 0.294. The third-order valence-corrected chi connectivity index (χ3v) is 6.10. The molecule has 0 atom stereocenters. The molecule has 1 fully saturated rings. The lowest BCUT2D eigenvalue weighted by atomic mass is 10.1. The Morgan fingerprint density at radius 2 is 1.92 bits per heavy atom. The molecule has 0 aliphatic carbocycles. The first kappa shape index (κ1) is 16.0. The van der Waals surface area contributed by atoms with Gasteiger partial charge in [-0.05, 0) is 17.2 Å². The van der Waals surface area contributed by atoms with Crippen molar-refractivity contribution in [3.8, 4) is 11.1 Å². The topological polar surface area (TPSA) is 93.6 Å². The van der Waals surface area contributed by atoms with Gasteiger partial charge in [0.15, 0.2) is 15.5 Å². The zero-order valence-corrected chi connectivity index (χ0v) is 14.5. The number of hydrogen-bond donors (Lipinski definition) is 1. The zero-order chi connectivity index (χ0) is 17.4. The third-order valence-electron chi connectivity index (χ3n) is 4.49. The smallest absolute Gasteiger partial charge is 0.178 e. The van der Waals surface area contributed by atoms with E-state index in [2.05, 4.69) is 27.1 Å². The minimum atomic E-state index is -2.85. The number of nitrogens with two attached hydrogens (primary N) is 1. The second kappa shape index (κ2) is 6.12. The highest BCUT2D eigenvalue weighted by Gasteiger charge is 2.21. The minimum Gasteiger partial charge on any atom is -0.394 e. The molecule has 0 amide bonds. The van der Waals surface area contributed by atoms with Gasteiger partial charge in [-0.25, -0.2) is 17.9 Å². The van der Waals surface area contributed by atoms with Crippen molar-refractivity contribution in [1.82, 2.24) is 19.5 Å². The predicted octanol–water partition coefficient (Wildman–Crippen LogP) is 1.21. The summed E-state index contributed by atoms with van der Waals surface area (Å²) in [4.78, 5) is 6.55. The molecule has 3 aromatic rings. The third kappa shape index (κ3) is 3.35. The summed E-state index contributed by atoms with van der Waals surface area (Å²) in [5.74, 6) is 0.488. The van der Waals surface area contributed by atoms with Crippen molar-refractivity contribution in [2.75, 3.05) is 30.3 Å². The predicted molar refractivity (Wildman–Crippen MR) is 96.8 cm³/mol. The SMILES string of the molecule is Nc1cnn2cc(-c3cccc(CN4CCS(=O)(=O)CC4)c3)cnc12. The van der Waals surface area contributed by atoms with Crippen LogP contribution in [0.5, 0.6) is 0 Å². The first-order chi connectivity index (χ1) is 12.0. The number of rotatable bonds is 3. The lowest BCUT2D eigenvalue weighted by Gasteiger charge is -2.26. The molecule has 0 unspecified atom stereocenters. The first-order valence-corrected chi connectivity index (χ1v) is 9.93. The van der Waals surface area contributed by atoms with Crippen molar-refractivity contribution in [3.05, 3.63) is 48.4 Å². The summed E-state index contributed by atoms with van der Waals surface area (Å²) in [6.45, 7) is 1.92. The number of anilines is 1.